The van der Waals surface area contributed by atoms with Crippen LogP contribution < -0.4 is 15.5 Å². The quantitative estimate of drug-likeness (QED) is 0.478. The predicted molar refractivity (Wildman–Crippen MR) is 99.4 cm³/mol. The predicted octanol–water partition coefficient (Wildman–Crippen LogP) is 1.30. The smallest absolute Gasteiger partial charge is 0.222 e. The fourth-order valence-electron chi connectivity index (χ4n) is 2.72. The molecule has 0 atom stereocenters. The topological polar surface area (TPSA) is 60.0 Å². The largest absolute Gasteiger partial charge is 0.368 e. The summed E-state index contributed by atoms with van der Waals surface area (Å²) < 4.78 is 13.0. The van der Waals surface area contributed by atoms with E-state index in [0.717, 1.165) is 37.8 Å². The van der Waals surface area contributed by atoms with Crippen LogP contribution in [0.25, 0.3) is 0 Å². The Hall–Kier alpha value is -2.31. The van der Waals surface area contributed by atoms with Crippen molar-refractivity contribution in [2.24, 2.45) is 10.9 Å². The van der Waals surface area contributed by atoms with Gasteiger partial charge in [0.2, 0.25) is 5.91 Å². The highest BCUT2D eigenvalue weighted by molar-refractivity contribution is 5.80. The van der Waals surface area contributed by atoms with Crippen LogP contribution in [0.5, 0.6) is 0 Å². The van der Waals surface area contributed by atoms with Crippen molar-refractivity contribution in [2.45, 2.75) is 13.8 Å². The number of nitrogens with one attached hydrogen (secondary N) is 2. The summed E-state index contributed by atoms with van der Waals surface area (Å²) in [6.07, 6.45) is 0. The summed E-state index contributed by atoms with van der Waals surface area (Å²) in [6.45, 7) is 8.37. The van der Waals surface area contributed by atoms with Gasteiger partial charge in [0.15, 0.2) is 5.96 Å². The number of benzene rings is 1. The van der Waals surface area contributed by atoms with Gasteiger partial charge in [0, 0.05) is 57.9 Å². The zero-order valence-electron chi connectivity index (χ0n) is 15.3. The van der Waals surface area contributed by atoms with Crippen LogP contribution >= 0.6 is 0 Å². The molecular formula is C18H28FN5O. The number of piperazine rings is 1. The van der Waals surface area contributed by atoms with E-state index in [4.69, 9.17) is 0 Å². The maximum Gasteiger partial charge on any atom is 0.222 e. The van der Waals surface area contributed by atoms with Crippen LogP contribution in [-0.2, 0) is 4.79 Å². The van der Waals surface area contributed by atoms with Crippen LogP contribution in [0.4, 0.5) is 10.1 Å². The average Bonchev–Trinajstić information content (AvgIpc) is 2.62. The lowest BCUT2D eigenvalue weighted by molar-refractivity contribution is -0.123. The molecule has 0 unspecified atom stereocenters. The lowest BCUT2D eigenvalue weighted by Gasteiger charge is -2.37. The van der Waals surface area contributed by atoms with E-state index in [-0.39, 0.29) is 17.6 Å². The standard InChI is InChI=1S/C18H28FN5O/c1-14(2)17(25)21-8-9-22-18(20-3)24-12-10-23(11-13-24)16-6-4-15(19)5-7-16/h4-7,14H,8-13H2,1-3H3,(H,20,22)(H,21,25). The molecule has 1 aromatic carbocycles. The van der Waals surface area contributed by atoms with Gasteiger partial charge < -0.3 is 20.4 Å². The number of hydrogen-bond donors (Lipinski definition) is 2. The Morgan fingerprint density at radius 1 is 1.12 bits per heavy atom. The molecule has 2 N–H and O–H groups in total. The van der Waals surface area contributed by atoms with Crippen LogP contribution in [-0.4, -0.2) is 63.1 Å². The number of carbonyl (C=O) groups excluding carboxylic acids is 1. The highest BCUT2D eigenvalue weighted by atomic mass is 19.1. The number of hydrogen-bond acceptors (Lipinski definition) is 3. The minimum Gasteiger partial charge on any atom is -0.368 e. The van der Waals surface area contributed by atoms with Crippen molar-refractivity contribution >= 4 is 17.6 Å². The van der Waals surface area contributed by atoms with Crippen molar-refractivity contribution in [3.8, 4) is 0 Å². The first-order valence-electron chi connectivity index (χ1n) is 8.75. The van der Waals surface area contributed by atoms with Crippen molar-refractivity contribution < 1.29 is 9.18 Å². The van der Waals surface area contributed by atoms with Gasteiger partial charge in [-0.05, 0) is 24.3 Å². The summed E-state index contributed by atoms with van der Waals surface area (Å²) in [5.74, 6) is 0.692. The molecule has 1 aromatic rings. The fourth-order valence-corrected chi connectivity index (χ4v) is 2.72. The van der Waals surface area contributed by atoms with Gasteiger partial charge in [0.25, 0.3) is 0 Å². The van der Waals surface area contributed by atoms with Crippen molar-refractivity contribution in [3.63, 3.8) is 0 Å². The molecule has 0 aliphatic carbocycles. The Labute approximate surface area is 149 Å². The normalized spacial score (nSPS) is 15.5. The second-order valence-corrected chi connectivity index (χ2v) is 6.37. The van der Waals surface area contributed by atoms with Crippen molar-refractivity contribution in [1.29, 1.82) is 0 Å². The molecule has 1 aliphatic rings. The molecule has 0 spiro atoms. The Kier molecular flexibility index (Phi) is 7.03. The number of carbonyl (C=O) groups is 1. The van der Waals surface area contributed by atoms with Gasteiger partial charge in [0.05, 0.1) is 0 Å². The van der Waals surface area contributed by atoms with Crippen molar-refractivity contribution in [1.82, 2.24) is 15.5 Å². The van der Waals surface area contributed by atoms with E-state index in [1.165, 1.54) is 12.1 Å². The maximum absolute atomic E-state index is 13.0. The monoisotopic (exact) mass is 349 g/mol. The zero-order valence-corrected chi connectivity index (χ0v) is 15.3. The Morgan fingerprint density at radius 2 is 1.72 bits per heavy atom. The van der Waals surface area contributed by atoms with E-state index in [1.807, 2.05) is 26.0 Å². The summed E-state index contributed by atoms with van der Waals surface area (Å²) in [7, 11) is 1.77. The molecule has 25 heavy (non-hydrogen) atoms. The Morgan fingerprint density at radius 3 is 2.28 bits per heavy atom. The van der Waals surface area contributed by atoms with E-state index >= 15 is 0 Å². The summed E-state index contributed by atoms with van der Waals surface area (Å²) >= 11 is 0. The van der Waals surface area contributed by atoms with Crippen LogP contribution in [0.3, 0.4) is 0 Å². The fraction of sp³-hybridized carbons (Fsp3) is 0.556. The molecule has 6 nitrogen and oxygen atoms in total. The lowest BCUT2D eigenvalue weighted by atomic mass is 10.2. The third-order valence-corrected chi connectivity index (χ3v) is 4.21. The van der Waals surface area contributed by atoms with E-state index in [2.05, 4.69) is 25.4 Å². The maximum atomic E-state index is 13.0. The van der Waals surface area contributed by atoms with Crippen LogP contribution in [0.2, 0.25) is 0 Å². The van der Waals surface area contributed by atoms with Gasteiger partial charge in [-0.3, -0.25) is 9.79 Å². The molecule has 0 radical (unpaired) electrons. The zero-order chi connectivity index (χ0) is 18.2. The molecule has 2 rings (SSSR count). The third-order valence-electron chi connectivity index (χ3n) is 4.21. The molecule has 1 saturated heterocycles. The van der Waals surface area contributed by atoms with Crippen LogP contribution in [0, 0.1) is 11.7 Å². The van der Waals surface area contributed by atoms with Crippen molar-refractivity contribution in [3.05, 3.63) is 30.1 Å². The van der Waals surface area contributed by atoms with Gasteiger partial charge in [0.1, 0.15) is 5.82 Å². The second-order valence-electron chi connectivity index (χ2n) is 6.37. The number of amides is 1. The number of anilines is 1. The van der Waals surface area contributed by atoms with Gasteiger partial charge in [-0.1, -0.05) is 13.8 Å². The molecule has 0 aromatic heterocycles. The SMILES string of the molecule is CN=C(NCCNC(=O)C(C)C)N1CCN(c2ccc(F)cc2)CC1. The minimum atomic E-state index is -0.212. The molecule has 0 saturated carbocycles. The number of aliphatic imine (C=N–C) groups is 1. The highest BCUT2D eigenvalue weighted by Crippen LogP contribution is 2.16. The molecule has 1 fully saturated rings. The first-order valence-corrected chi connectivity index (χ1v) is 8.75. The molecule has 138 valence electrons. The Bertz CT molecular complexity index is 580. The van der Waals surface area contributed by atoms with Crippen molar-refractivity contribution in [2.75, 3.05) is 51.2 Å². The van der Waals surface area contributed by atoms with Gasteiger partial charge in [-0.2, -0.15) is 0 Å². The van der Waals surface area contributed by atoms with Gasteiger partial charge in [-0.25, -0.2) is 4.39 Å². The molecule has 0 bridgehead atoms. The van der Waals surface area contributed by atoms with Crippen LogP contribution in [0.1, 0.15) is 13.8 Å². The third kappa shape index (κ3) is 5.62. The van der Waals surface area contributed by atoms with E-state index in [9.17, 15) is 9.18 Å². The molecular weight excluding hydrogens is 321 g/mol. The number of halogens is 1. The lowest BCUT2D eigenvalue weighted by Crippen LogP contribution is -2.53. The summed E-state index contributed by atoms with van der Waals surface area (Å²) in [6, 6.07) is 6.62. The van der Waals surface area contributed by atoms with E-state index in [0.29, 0.717) is 13.1 Å². The first kappa shape index (κ1) is 19.0. The highest BCUT2D eigenvalue weighted by Gasteiger charge is 2.19. The number of guanidine groups is 1. The minimum absolute atomic E-state index is 0.00106. The first-order chi connectivity index (χ1) is 12.0. The molecule has 1 amide bonds. The van der Waals surface area contributed by atoms with E-state index < -0.39 is 0 Å². The summed E-state index contributed by atoms with van der Waals surface area (Å²) in [4.78, 5) is 20.3. The molecule has 7 heteroatoms. The summed E-state index contributed by atoms with van der Waals surface area (Å²) in [5, 5.41) is 6.17. The van der Waals surface area contributed by atoms with E-state index in [1.54, 1.807) is 7.05 Å². The summed E-state index contributed by atoms with van der Waals surface area (Å²) in [5.41, 5.74) is 1.04. The average molecular weight is 349 g/mol. The van der Waals surface area contributed by atoms with Gasteiger partial charge >= 0.3 is 0 Å². The number of rotatable bonds is 5. The second kappa shape index (κ2) is 9.25. The Balaban J connectivity index is 1.76. The molecule has 1 heterocycles. The van der Waals surface area contributed by atoms with Crippen LogP contribution in [0.15, 0.2) is 29.3 Å². The molecule has 1 aliphatic heterocycles. The van der Waals surface area contributed by atoms with Gasteiger partial charge in [-0.15, -0.1) is 0 Å². The number of nitrogens with zero attached hydrogens (tertiary/aromatic N) is 3.